The third-order valence-corrected chi connectivity index (χ3v) is 3.37. The van der Waals surface area contributed by atoms with Gasteiger partial charge < -0.3 is 10.1 Å². The van der Waals surface area contributed by atoms with Gasteiger partial charge in [-0.25, -0.2) is 0 Å². The van der Waals surface area contributed by atoms with Crippen molar-refractivity contribution >= 4 is 33.8 Å². The van der Waals surface area contributed by atoms with Crippen LogP contribution in [0, 0.1) is 0 Å². The number of halogens is 1. The molecule has 3 rings (SSSR count). The molecule has 1 N–H and O–H groups in total. The predicted octanol–water partition coefficient (Wildman–Crippen LogP) is 4.73. The third kappa shape index (κ3) is 3.26. The van der Waals surface area contributed by atoms with Crippen molar-refractivity contribution in [2.45, 2.75) is 0 Å². The van der Waals surface area contributed by atoms with Crippen molar-refractivity contribution in [3.63, 3.8) is 0 Å². The van der Waals surface area contributed by atoms with E-state index in [4.69, 9.17) is 16.3 Å². The number of benzene rings is 2. The summed E-state index contributed by atoms with van der Waals surface area (Å²) in [6.45, 7) is 0. The molecular formula is C14H10ClN3OS. The van der Waals surface area contributed by atoms with Gasteiger partial charge in [-0.1, -0.05) is 22.9 Å². The highest BCUT2D eigenvalue weighted by Crippen LogP contribution is 2.25. The topological polar surface area (TPSA) is 47.0 Å². The van der Waals surface area contributed by atoms with Gasteiger partial charge in [-0.3, -0.25) is 0 Å². The van der Waals surface area contributed by atoms with Gasteiger partial charge in [0.1, 0.15) is 17.0 Å². The Bertz CT molecular complexity index is 669. The summed E-state index contributed by atoms with van der Waals surface area (Å²) >= 11 is 7.28. The van der Waals surface area contributed by atoms with Gasteiger partial charge >= 0.3 is 0 Å². The Kier molecular flexibility index (Phi) is 3.80. The average Bonchev–Trinajstić information content (AvgIpc) is 2.96. The Morgan fingerprint density at radius 3 is 2.20 bits per heavy atom. The first-order valence-electron chi connectivity index (χ1n) is 5.86. The van der Waals surface area contributed by atoms with E-state index in [1.165, 1.54) is 11.3 Å². The van der Waals surface area contributed by atoms with Crippen LogP contribution in [-0.2, 0) is 0 Å². The lowest BCUT2D eigenvalue weighted by Crippen LogP contribution is -1.90. The number of aromatic nitrogens is 2. The number of ether oxygens (including phenoxy) is 1. The first-order valence-corrected chi connectivity index (χ1v) is 7.12. The summed E-state index contributed by atoms with van der Waals surface area (Å²) in [6.07, 6.45) is 0. The van der Waals surface area contributed by atoms with Crippen LogP contribution in [0.4, 0.5) is 10.8 Å². The van der Waals surface area contributed by atoms with E-state index in [0.717, 1.165) is 22.3 Å². The van der Waals surface area contributed by atoms with Crippen LogP contribution in [0.5, 0.6) is 11.5 Å². The van der Waals surface area contributed by atoms with E-state index in [9.17, 15) is 0 Å². The molecule has 0 radical (unpaired) electrons. The van der Waals surface area contributed by atoms with Crippen LogP contribution in [0.15, 0.2) is 54.0 Å². The molecule has 6 heteroatoms. The van der Waals surface area contributed by atoms with Crippen LogP contribution in [0.3, 0.4) is 0 Å². The van der Waals surface area contributed by atoms with E-state index in [0.29, 0.717) is 5.02 Å². The minimum atomic E-state index is 0.689. The van der Waals surface area contributed by atoms with Gasteiger partial charge in [0.25, 0.3) is 0 Å². The molecule has 1 heterocycles. The quantitative estimate of drug-likeness (QED) is 0.757. The summed E-state index contributed by atoms with van der Waals surface area (Å²) in [5.74, 6) is 1.51. The fourth-order valence-corrected chi connectivity index (χ4v) is 2.19. The first-order chi connectivity index (χ1) is 9.79. The Labute approximate surface area is 125 Å². The molecule has 4 nitrogen and oxygen atoms in total. The molecule has 3 aromatic rings. The summed E-state index contributed by atoms with van der Waals surface area (Å²) in [5, 5.41) is 12.3. The molecule has 0 aliphatic carbocycles. The molecule has 0 amide bonds. The Morgan fingerprint density at radius 1 is 0.950 bits per heavy atom. The zero-order valence-electron chi connectivity index (χ0n) is 10.3. The SMILES string of the molecule is Clc1ccc(Oc2ccc(Nc3nncs3)cc2)cc1. The average molecular weight is 304 g/mol. The second-order valence-electron chi connectivity index (χ2n) is 3.95. The third-order valence-electron chi connectivity index (χ3n) is 2.51. The Hall–Kier alpha value is -2.11. The summed E-state index contributed by atoms with van der Waals surface area (Å²) in [4.78, 5) is 0. The van der Waals surface area contributed by atoms with E-state index in [-0.39, 0.29) is 0 Å². The van der Waals surface area contributed by atoms with Crippen LogP contribution < -0.4 is 10.1 Å². The van der Waals surface area contributed by atoms with E-state index in [1.807, 2.05) is 36.4 Å². The largest absolute Gasteiger partial charge is 0.457 e. The zero-order valence-corrected chi connectivity index (χ0v) is 11.9. The second kappa shape index (κ2) is 5.90. The maximum atomic E-state index is 5.83. The normalized spacial score (nSPS) is 10.2. The summed E-state index contributed by atoms with van der Waals surface area (Å²) in [5.41, 5.74) is 2.62. The fourth-order valence-electron chi connectivity index (χ4n) is 1.60. The van der Waals surface area contributed by atoms with Crippen molar-refractivity contribution < 1.29 is 4.74 Å². The van der Waals surface area contributed by atoms with E-state index in [1.54, 1.807) is 17.6 Å². The van der Waals surface area contributed by atoms with Crippen LogP contribution in [0.2, 0.25) is 5.02 Å². The van der Waals surface area contributed by atoms with E-state index < -0.39 is 0 Å². The molecule has 0 unspecified atom stereocenters. The highest BCUT2D eigenvalue weighted by molar-refractivity contribution is 7.13. The van der Waals surface area contributed by atoms with E-state index in [2.05, 4.69) is 15.5 Å². The molecule has 100 valence electrons. The highest BCUT2D eigenvalue weighted by atomic mass is 35.5. The van der Waals surface area contributed by atoms with Crippen LogP contribution in [0.25, 0.3) is 0 Å². The standard InChI is InChI=1S/C14H10ClN3OS/c15-10-1-5-12(6-2-10)19-13-7-3-11(4-8-13)17-14-18-16-9-20-14/h1-9H,(H,17,18). The lowest BCUT2D eigenvalue weighted by atomic mass is 10.3. The highest BCUT2D eigenvalue weighted by Gasteiger charge is 2.00. The Morgan fingerprint density at radius 2 is 1.60 bits per heavy atom. The molecular weight excluding hydrogens is 294 g/mol. The van der Waals surface area contributed by atoms with Crippen molar-refractivity contribution in [2.75, 3.05) is 5.32 Å². The van der Waals surface area contributed by atoms with Crippen molar-refractivity contribution in [2.24, 2.45) is 0 Å². The van der Waals surface area contributed by atoms with Gasteiger partial charge in [-0.15, -0.1) is 10.2 Å². The van der Waals surface area contributed by atoms with Crippen LogP contribution in [0.1, 0.15) is 0 Å². The van der Waals surface area contributed by atoms with Crippen molar-refractivity contribution in [1.82, 2.24) is 10.2 Å². The number of rotatable bonds is 4. The summed E-state index contributed by atoms with van der Waals surface area (Å²) in [7, 11) is 0. The molecule has 0 bridgehead atoms. The van der Waals surface area contributed by atoms with E-state index >= 15 is 0 Å². The minimum absolute atomic E-state index is 0.689. The second-order valence-corrected chi connectivity index (χ2v) is 5.22. The fraction of sp³-hybridized carbons (Fsp3) is 0. The summed E-state index contributed by atoms with van der Waals surface area (Å²) in [6, 6.07) is 14.9. The monoisotopic (exact) mass is 303 g/mol. The number of nitrogens with zero attached hydrogens (tertiary/aromatic N) is 2. The molecule has 1 aromatic heterocycles. The number of anilines is 2. The molecule has 0 aliphatic rings. The minimum Gasteiger partial charge on any atom is -0.457 e. The lowest BCUT2D eigenvalue weighted by Gasteiger charge is -2.07. The van der Waals surface area contributed by atoms with Gasteiger partial charge in [-0.05, 0) is 48.5 Å². The van der Waals surface area contributed by atoms with Crippen molar-refractivity contribution in [3.05, 3.63) is 59.1 Å². The molecule has 0 atom stereocenters. The van der Waals surface area contributed by atoms with Gasteiger partial charge in [0.05, 0.1) is 0 Å². The van der Waals surface area contributed by atoms with Gasteiger partial charge in [0.15, 0.2) is 0 Å². The zero-order chi connectivity index (χ0) is 13.8. The molecule has 0 aliphatic heterocycles. The van der Waals surface area contributed by atoms with Gasteiger partial charge in [0.2, 0.25) is 5.13 Å². The predicted molar refractivity (Wildman–Crippen MR) is 81.2 cm³/mol. The van der Waals surface area contributed by atoms with Crippen LogP contribution in [-0.4, -0.2) is 10.2 Å². The maximum Gasteiger partial charge on any atom is 0.209 e. The van der Waals surface area contributed by atoms with Crippen LogP contribution >= 0.6 is 22.9 Å². The van der Waals surface area contributed by atoms with Crippen molar-refractivity contribution in [3.8, 4) is 11.5 Å². The first kappa shape index (κ1) is 12.9. The smallest absolute Gasteiger partial charge is 0.209 e. The lowest BCUT2D eigenvalue weighted by molar-refractivity contribution is 0.483. The molecule has 0 saturated heterocycles. The van der Waals surface area contributed by atoms with Crippen molar-refractivity contribution in [1.29, 1.82) is 0 Å². The van der Waals surface area contributed by atoms with Gasteiger partial charge in [-0.2, -0.15) is 0 Å². The Balaban J connectivity index is 1.68. The molecule has 0 fully saturated rings. The molecule has 20 heavy (non-hydrogen) atoms. The number of nitrogens with one attached hydrogen (secondary N) is 1. The summed E-state index contributed by atoms with van der Waals surface area (Å²) < 4.78 is 5.71. The number of hydrogen-bond acceptors (Lipinski definition) is 5. The molecule has 2 aromatic carbocycles. The molecule has 0 saturated carbocycles. The number of hydrogen-bond donors (Lipinski definition) is 1. The molecule has 0 spiro atoms. The van der Waals surface area contributed by atoms with Gasteiger partial charge in [0, 0.05) is 10.7 Å². The maximum absolute atomic E-state index is 5.83.